The molecule has 1 saturated heterocycles. The monoisotopic (exact) mass is 353 g/mol. The van der Waals surface area contributed by atoms with Gasteiger partial charge in [-0.3, -0.25) is 0 Å². The summed E-state index contributed by atoms with van der Waals surface area (Å²) < 4.78 is 6.09. The third-order valence-electron chi connectivity index (χ3n) is 2.58. The first-order chi connectivity index (χ1) is 7.65. The van der Waals surface area contributed by atoms with Crippen LogP contribution in [-0.4, -0.2) is 30.2 Å². The van der Waals surface area contributed by atoms with E-state index in [0.29, 0.717) is 6.61 Å². The van der Waals surface area contributed by atoms with Crippen LogP contribution in [0.25, 0.3) is 0 Å². The maximum absolute atomic E-state index is 11.8. The Labute approximate surface area is 113 Å². The number of unbranched alkanes of at least 4 members (excludes halogenated alkanes) is 1. The first kappa shape index (κ1) is 14.0. The van der Waals surface area contributed by atoms with E-state index < -0.39 is 0 Å². The van der Waals surface area contributed by atoms with E-state index in [1.165, 1.54) is 0 Å². The average molecular weight is 355 g/mol. The average Bonchev–Trinajstić information content (AvgIpc) is 2.65. The molecule has 1 aliphatic rings. The largest absolute Gasteiger partial charge is 0.449 e. The molecule has 0 saturated carbocycles. The lowest BCUT2D eigenvalue weighted by Gasteiger charge is -2.21. The van der Waals surface area contributed by atoms with E-state index in [1.807, 2.05) is 6.08 Å². The van der Waals surface area contributed by atoms with E-state index in [9.17, 15) is 4.79 Å². The van der Waals surface area contributed by atoms with Crippen molar-refractivity contribution in [3.05, 3.63) is 9.47 Å². The van der Waals surface area contributed by atoms with E-state index in [0.717, 1.165) is 35.6 Å². The van der Waals surface area contributed by atoms with Gasteiger partial charge in [-0.15, -0.1) is 0 Å². The highest BCUT2D eigenvalue weighted by Crippen LogP contribution is 2.24. The van der Waals surface area contributed by atoms with Crippen LogP contribution in [0.15, 0.2) is 9.47 Å². The van der Waals surface area contributed by atoms with Crippen LogP contribution in [0.2, 0.25) is 0 Å². The fraction of sp³-hybridized carbons (Fsp3) is 0.727. The molecular formula is C11H17Br2NO2. The predicted molar refractivity (Wildman–Crippen MR) is 71.9 cm³/mol. The molecule has 0 bridgehead atoms. The van der Waals surface area contributed by atoms with E-state index in [1.54, 1.807) is 4.90 Å². The number of amides is 1. The minimum absolute atomic E-state index is 0.155. The number of rotatable bonds is 4. The lowest BCUT2D eigenvalue weighted by Crippen LogP contribution is -2.35. The number of nitrogens with zero attached hydrogens (tertiary/aromatic N) is 1. The number of ether oxygens (including phenoxy) is 1. The number of carbonyl (C=O) groups is 1. The lowest BCUT2D eigenvalue weighted by atomic mass is 10.2. The molecule has 92 valence electrons. The molecule has 0 N–H and O–H groups in total. The summed E-state index contributed by atoms with van der Waals surface area (Å²) in [4.78, 5) is 13.5. The minimum Gasteiger partial charge on any atom is -0.449 e. The molecule has 1 atom stereocenters. The van der Waals surface area contributed by atoms with E-state index in [-0.39, 0.29) is 12.1 Å². The molecule has 1 heterocycles. The molecule has 0 aromatic heterocycles. The fourth-order valence-corrected chi connectivity index (χ4v) is 2.33. The van der Waals surface area contributed by atoms with Crippen molar-refractivity contribution in [1.29, 1.82) is 0 Å². The number of carbonyl (C=O) groups excluding carboxylic acids is 1. The van der Waals surface area contributed by atoms with Gasteiger partial charge < -0.3 is 9.64 Å². The van der Waals surface area contributed by atoms with E-state index >= 15 is 0 Å². The highest BCUT2D eigenvalue weighted by atomic mass is 79.9. The Hall–Kier alpha value is -0.0300. The summed E-state index contributed by atoms with van der Waals surface area (Å²) >= 11 is 6.65. The molecule has 0 spiro atoms. The minimum atomic E-state index is -0.187. The van der Waals surface area contributed by atoms with Gasteiger partial charge in [0, 0.05) is 6.54 Å². The van der Waals surface area contributed by atoms with Gasteiger partial charge in [-0.25, -0.2) is 4.79 Å². The van der Waals surface area contributed by atoms with Crippen molar-refractivity contribution in [2.45, 2.75) is 38.6 Å². The Balaban J connectivity index is 2.44. The van der Waals surface area contributed by atoms with Gasteiger partial charge in [-0.1, -0.05) is 13.3 Å². The maximum Gasteiger partial charge on any atom is 0.410 e. The van der Waals surface area contributed by atoms with Crippen LogP contribution in [0.3, 0.4) is 0 Å². The fourth-order valence-electron chi connectivity index (χ4n) is 1.72. The summed E-state index contributed by atoms with van der Waals surface area (Å²) in [6.07, 6.45) is 5.83. The zero-order valence-electron chi connectivity index (χ0n) is 9.42. The number of hydrogen-bond acceptors (Lipinski definition) is 2. The number of hydrogen-bond donors (Lipinski definition) is 0. The van der Waals surface area contributed by atoms with Crippen molar-refractivity contribution >= 4 is 38.0 Å². The van der Waals surface area contributed by atoms with Crippen molar-refractivity contribution in [3.8, 4) is 0 Å². The molecular weight excluding hydrogens is 338 g/mol. The quantitative estimate of drug-likeness (QED) is 0.713. The number of likely N-dealkylation sites (tertiary alicyclic amines) is 1. The molecule has 0 radical (unpaired) electrons. The summed E-state index contributed by atoms with van der Waals surface area (Å²) in [6, 6.07) is 0.155. The molecule has 3 nitrogen and oxygen atoms in total. The molecule has 1 rings (SSSR count). The molecule has 1 amide bonds. The van der Waals surface area contributed by atoms with Crippen molar-refractivity contribution < 1.29 is 9.53 Å². The van der Waals surface area contributed by atoms with Crippen LogP contribution in [0.1, 0.15) is 32.6 Å². The second-order valence-corrected chi connectivity index (χ2v) is 6.60. The van der Waals surface area contributed by atoms with Gasteiger partial charge in [0.2, 0.25) is 0 Å². The first-order valence-corrected chi connectivity index (χ1v) is 7.20. The van der Waals surface area contributed by atoms with Crippen molar-refractivity contribution in [3.63, 3.8) is 0 Å². The topological polar surface area (TPSA) is 29.5 Å². The Morgan fingerprint density at radius 3 is 2.94 bits per heavy atom. The molecule has 16 heavy (non-hydrogen) atoms. The van der Waals surface area contributed by atoms with Crippen LogP contribution in [0.4, 0.5) is 4.79 Å². The summed E-state index contributed by atoms with van der Waals surface area (Å²) in [7, 11) is 0. The molecule has 5 heteroatoms. The van der Waals surface area contributed by atoms with Crippen LogP contribution in [0, 0.1) is 0 Å². The van der Waals surface area contributed by atoms with E-state index in [2.05, 4.69) is 38.8 Å². The van der Waals surface area contributed by atoms with Crippen LogP contribution >= 0.6 is 31.9 Å². The summed E-state index contributed by atoms with van der Waals surface area (Å²) in [5, 5.41) is 0. The summed E-state index contributed by atoms with van der Waals surface area (Å²) in [5.41, 5.74) is 0. The second kappa shape index (κ2) is 7.33. The van der Waals surface area contributed by atoms with Gasteiger partial charge in [-0.05, 0) is 57.2 Å². The van der Waals surface area contributed by atoms with Gasteiger partial charge in [0.25, 0.3) is 0 Å². The van der Waals surface area contributed by atoms with Crippen molar-refractivity contribution in [1.82, 2.24) is 4.90 Å². The zero-order valence-corrected chi connectivity index (χ0v) is 12.6. The molecule has 0 aliphatic carbocycles. The molecule has 0 aromatic rings. The van der Waals surface area contributed by atoms with Crippen LogP contribution in [0.5, 0.6) is 0 Å². The van der Waals surface area contributed by atoms with E-state index in [4.69, 9.17) is 4.74 Å². The lowest BCUT2D eigenvalue weighted by molar-refractivity contribution is 0.102. The molecule has 0 aromatic carbocycles. The van der Waals surface area contributed by atoms with Crippen LogP contribution < -0.4 is 0 Å². The zero-order chi connectivity index (χ0) is 12.0. The number of halogens is 2. The Kier molecular flexibility index (Phi) is 6.43. The maximum atomic E-state index is 11.8. The van der Waals surface area contributed by atoms with Gasteiger partial charge >= 0.3 is 6.09 Å². The molecule has 1 fully saturated rings. The van der Waals surface area contributed by atoms with Crippen LogP contribution in [-0.2, 0) is 4.74 Å². The van der Waals surface area contributed by atoms with Gasteiger partial charge in [0.1, 0.15) is 0 Å². The Bertz CT molecular complexity index is 265. The van der Waals surface area contributed by atoms with Gasteiger partial charge in [0.05, 0.1) is 16.0 Å². The van der Waals surface area contributed by atoms with Gasteiger partial charge in [0.15, 0.2) is 0 Å². The Morgan fingerprint density at radius 1 is 1.56 bits per heavy atom. The molecule has 1 aliphatic heterocycles. The first-order valence-electron chi connectivity index (χ1n) is 5.61. The SMILES string of the molecule is CCCCOC(=O)N1CCCC1C=C(Br)Br. The third kappa shape index (κ3) is 4.45. The highest BCUT2D eigenvalue weighted by Gasteiger charge is 2.28. The predicted octanol–water partition coefficient (Wildman–Crippen LogP) is 4.02. The smallest absolute Gasteiger partial charge is 0.410 e. The van der Waals surface area contributed by atoms with Crippen molar-refractivity contribution in [2.24, 2.45) is 0 Å². The third-order valence-corrected chi connectivity index (χ3v) is 3.10. The van der Waals surface area contributed by atoms with Crippen molar-refractivity contribution in [2.75, 3.05) is 13.2 Å². The second-order valence-electron chi connectivity index (χ2n) is 3.83. The highest BCUT2D eigenvalue weighted by molar-refractivity contribution is 9.28. The van der Waals surface area contributed by atoms with Gasteiger partial charge in [-0.2, -0.15) is 0 Å². The Morgan fingerprint density at radius 2 is 2.31 bits per heavy atom. The summed E-state index contributed by atoms with van der Waals surface area (Å²) in [6.45, 7) is 3.40. The standard InChI is InChI=1S/C11H17Br2NO2/c1-2-3-7-16-11(15)14-6-4-5-9(14)8-10(12)13/h8-9H,2-7H2,1H3. The molecule has 1 unspecified atom stereocenters. The normalized spacial score (nSPS) is 19.7. The summed E-state index contributed by atoms with van der Waals surface area (Å²) in [5.74, 6) is 0.